The Balaban J connectivity index is 1.71. The Bertz CT molecular complexity index is 608. The number of piperazine rings is 1. The first-order valence-corrected chi connectivity index (χ1v) is 10.2. The summed E-state index contributed by atoms with van der Waals surface area (Å²) in [5.41, 5.74) is 13.3. The van der Waals surface area contributed by atoms with E-state index in [1.165, 1.54) is 0 Å². The van der Waals surface area contributed by atoms with E-state index < -0.39 is 6.23 Å². The van der Waals surface area contributed by atoms with Crippen molar-refractivity contribution in [3.63, 3.8) is 0 Å². The summed E-state index contributed by atoms with van der Waals surface area (Å²) in [5, 5.41) is 13.5. The standard InChI is InChI=1S/C20H36N6O2/c1-5-22-17(11-18(21)26-9-8-25(4)19(27)12-26)20-15-10-14(28-13(2)3)6-7-16(15)23-24-20/h5-6,11,13,15-17,19-20,22-24,27H,1,7-10,12,21H2,2-4H3/b18-11+/t15-,16+,17+,19+,20+/m0/s1. The number of hydrazine groups is 1. The lowest BCUT2D eigenvalue weighted by atomic mass is 9.81. The molecule has 0 aromatic carbocycles. The van der Waals surface area contributed by atoms with Crippen LogP contribution >= 0.6 is 0 Å². The van der Waals surface area contributed by atoms with Gasteiger partial charge in [-0.3, -0.25) is 15.8 Å². The topological polar surface area (TPSA) is 98.1 Å². The molecule has 6 N–H and O–H groups in total. The number of ether oxygens (including phenoxy) is 1. The van der Waals surface area contributed by atoms with E-state index >= 15 is 0 Å². The van der Waals surface area contributed by atoms with Crippen molar-refractivity contribution in [1.29, 1.82) is 0 Å². The van der Waals surface area contributed by atoms with Gasteiger partial charge in [0.25, 0.3) is 0 Å². The van der Waals surface area contributed by atoms with Crippen molar-refractivity contribution >= 4 is 0 Å². The van der Waals surface area contributed by atoms with Crippen molar-refractivity contribution in [1.82, 2.24) is 26.0 Å². The van der Waals surface area contributed by atoms with Crippen LogP contribution in [0.3, 0.4) is 0 Å². The number of fused-ring (bicyclic) bond motifs is 1. The van der Waals surface area contributed by atoms with Crippen LogP contribution in [0.2, 0.25) is 0 Å². The Morgan fingerprint density at radius 3 is 2.89 bits per heavy atom. The quantitative estimate of drug-likeness (QED) is 0.414. The maximum Gasteiger partial charge on any atom is 0.124 e. The second kappa shape index (κ2) is 9.17. The zero-order valence-corrected chi connectivity index (χ0v) is 17.3. The monoisotopic (exact) mass is 392 g/mol. The van der Waals surface area contributed by atoms with Gasteiger partial charge in [-0.25, -0.2) is 0 Å². The van der Waals surface area contributed by atoms with Gasteiger partial charge in [0.15, 0.2) is 0 Å². The van der Waals surface area contributed by atoms with Crippen LogP contribution in [0.15, 0.2) is 36.5 Å². The summed E-state index contributed by atoms with van der Waals surface area (Å²) in [7, 11) is 1.92. The molecule has 0 saturated carbocycles. The van der Waals surface area contributed by atoms with Gasteiger partial charge in [0.1, 0.15) is 6.23 Å². The van der Waals surface area contributed by atoms with E-state index in [1.807, 2.05) is 22.9 Å². The van der Waals surface area contributed by atoms with Gasteiger partial charge in [0.05, 0.1) is 30.3 Å². The fourth-order valence-electron chi connectivity index (χ4n) is 4.27. The molecule has 158 valence electrons. The smallest absolute Gasteiger partial charge is 0.124 e. The number of rotatable bonds is 7. The molecule has 5 atom stereocenters. The number of hydrogen-bond acceptors (Lipinski definition) is 8. The highest BCUT2D eigenvalue weighted by Gasteiger charge is 2.41. The van der Waals surface area contributed by atoms with Gasteiger partial charge < -0.3 is 25.8 Å². The zero-order chi connectivity index (χ0) is 20.3. The lowest BCUT2D eigenvalue weighted by Gasteiger charge is -2.38. The predicted octanol–water partition coefficient (Wildman–Crippen LogP) is 0.0179. The van der Waals surface area contributed by atoms with Crippen molar-refractivity contribution in [2.45, 2.75) is 57.1 Å². The highest BCUT2D eigenvalue weighted by molar-refractivity contribution is 5.16. The lowest BCUT2D eigenvalue weighted by Crippen LogP contribution is -2.53. The van der Waals surface area contributed by atoms with Gasteiger partial charge in [-0.15, -0.1) is 0 Å². The van der Waals surface area contributed by atoms with Crippen LogP contribution in [0, 0.1) is 5.92 Å². The SMILES string of the molecule is C=CN[C@H](/C=C(\N)N1CCN(C)[C@H](O)C1)[C@@H]1NN[C@@H]2CC=C(OC(C)C)C[C@H]12. The molecular weight excluding hydrogens is 356 g/mol. The van der Waals surface area contributed by atoms with Gasteiger partial charge in [-0.1, -0.05) is 6.58 Å². The molecule has 2 saturated heterocycles. The van der Waals surface area contributed by atoms with E-state index in [-0.39, 0.29) is 18.2 Å². The molecule has 28 heavy (non-hydrogen) atoms. The summed E-state index contributed by atoms with van der Waals surface area (Å²) in [6.07, 6.45) is 7.48. The molecular formula is C20H36N6O2. The molecule has 0 radical (unpaired) electrons. The molecule has 0 unspecified atom stereocenters. The summed E-state index contributed by atoms with van der Waals surface area (Å²) in [6, 6.07) is 0.507. The number of likely N-dealkylation sites (N-methyl/N-ethyl adjacent to an activating group) is 1. The minimum absolute atomic E-state index is 0.0183. The average molecular weight is 393 g/mol. The first-order chi connectivity index (χ1) is 13.4. The normalized spacial score (nSPS) is 32.7. The van der Waals surface area contributed by atoms with Gasteiger partial charge in [-0.05, 0) is 45.7 Å². The van der Waals surface area contributed by atoms with Crippen molar-refractivity contribution < 1.29 is 9.84 Å². The van der Waals surface area contributed by atoms with E-state index in [0.717, 1.165) is 31.7 Å². The van der Waals surface area contributed by atoms with Crippen molar-refractivity contribution in [3.8, 4) is 0 Å². The maximum atomic E-state index is 10.1. The van der Waals surface area contributed by atoms with Gasteiger partial charge >= 0.3 is 0 Å². The fourth-order valence-corrected chi connectivity index (χ4v) is 4.27. The van der Waals surface area contributed by atoms with Crippen LogP contribution in [0.1, 0.15) is 26.7 Å². The van der Waals surface area contributed by atoms with Crippen LogP contribution < -0.4 is 21.9 Å². The number of nitrogens with two attached hydrogens (primary N) is 1. The molecule has 2 heterocycles. The van der Waals surface area contributed by atoms with E-state index in [2.05, 4.69) is 42.7 Å². The Kier molecular flexibility index (Phi) is 6.87. The molecule has 2 fully saturated rings. The third kappa shape index (κ3) is 4.81. The van der Waals surface area contributed by atoms with Crippen molar-refractivity contribution in [2.24, 2.45) is 11.7 Å². The third-order valence-electron chi connectivity index (χ3n) is 5.86. The molecule has 8 heteroatoms. The Morgan fingerprint density at radius 2 is 2.21 bits per heavy atom. The molecule has 0 spiro atoms. The summed E-state index contributed by atoms with van der Waals surface area (Å²) in [6.45, 7) is 10.1. The van der Waals surface area contributed by atoms with E-state index in [0.29, 0.717) is 24.3 Å². The summed E-state index contributed by atoms with van der Waals surface area (Å²) in [4.78, 5) is 3.97. The van der Waals surface area contributed by atoms with Crippen LogP contribution in [0.4, 0.5) is 0 Å². The van der Waals surface area contributed by atoms with E-state index in [9.17, 15) is 5.11 Å². The molecule has 0 bridgehead atoms. The molecule has 8 nitrogen and oxygen atoms in total. The van der Waals surface area contributed by atoms with Crippen LogP contribution in [-0.4, -0.2) is 72.0 Å². The van der Waals surface area contributed by atoms with Crippen LogP contribution in [0.25, 0.3) is 0 Å². The number of nitrogens with zero attached hydrogens (tertiary/aromatic N) is 2. The highest BCUT2D eigenvalue weighted by atomic mass is 16.5. The highest BCUT2D eigenvalue weighted by Crippen LogP contribution is 2.33. The van der Waals surface area contributed by atoms with Gasteiger partial charge in [0.2, 0.25) is 0 Å². The maximum absolute atomic E-state index is 10.1. The minimum Gasteiger partial charge on any atom is -0.496 e. The Labute approximate surface area is 168 Å². The molecule has 0 amide bonds. The van der Waals surface area contributed by atoms with Crippen LogP contribution in [-0.2, 0) is 4.74 Å². The predicted molar refractivity (Wildman–Crippen MR) is 110 cm³/mol. The number of allylic oxidation sites excluding steroid dienone is 1. The summed E-state index contributed by atoms with van der Waals surface area (Å²) < 4.78 is 5.97. The molecule has 0 aromatic heterocycles. The Morgan fingerprint density at radius 1 is 1.43 bits per heavy atom. The first-order valence-electron chi connectivity index (χ1n) is 10.2. The third-order valence-corrected chi connectivity index (χ3v) is 5.86. The Hall–Kier alpha value is -1.74. The largest absolute Gasteiger partial charge is 0.496 e. The lowest BCUT2D eigenvalue weighted by molar-refractivity contribution is -0.0316. The molecule has 3 aliphatic rings. The molecule has 2 aliphatic heterocycles. The minimum atomic E-state index is -0.499. The summed E-state index contributed by atoms with van der Waals surface area (Å²) >= 11 is 0. The fraction of sp³-hybridized carbons (Fsp3) is 0.700. The second-order valence-electron chi connectivity index (χ2n) is 8.26. The van der Waals surface area contributed by atoms with Gasteiger partial charge in [0, 0.05) is 37.5 Å². The number of β-amino-alcohol motifs (C(OH)–C–C–N with tert-alkyl or cyclic N) is 1. The van der Waals surface area contributed by atoms with Crippen LogP contribution in [0.5, 0.6) is 0 Å². The average Bonchev–Trinajstić information content (AvgIpc) is 3.06. The number of nitrogens with one attached hydrogen (secondary N) is 3. The van der Waals surface area contributed by atoms with Crippen molar-refractivity contribution in [3.05, 3.63) is 36.5 Å². The van der Waals surface area contributed by atoms with Crippen molar-refractivity contribution in [2.75, 3.05) is 26.7 Å². The van der Waals surface area contributed by atoms with Gasteiger partial charge in [-0.2, -0.15) is 0 Å². The first kappa shape index (κ1) is 21.0. The van der Waals surface area contributed by atoms with E-state index in [1.54, 1.807) is 6.20 Å². The van der Waals surface area contributed by atoms with E-state index in [4.69, 9.17) is 10.5 Å². The number of aliphatic hydroxyl groups excluding tert-OH is 1. The second-order valence-corrected chi connectivity index (χ2v) is 8.26. The molecule has 1 aliphatic carbocycles. The summed E-state index contributed by atoms with van der Waals surface area (Å²) in [5.74, 6) is 2.14. The molecule has 3 rings (SSSR count). The number of aliphatic hydroxyl groups is 1. The zero-order valence-electron chi connectivity index (χ0n) is 17.3. The number of hydrogen-bond donors (Lipinski definition) is 5. The molecule has 0 aromatic rings.